The molecule has 8 heteroatoms. The Bertz CT molecular complexity index is 1230. The van der Waals surface area contributed by atoms with Gasteiger partial charge in [-0.1, -0.05) is 12.1 Å². The van der Waals surface area contributed by atoms with Gasteiger partial charge in [0.1, 0.15) is 5.82 Å². The predicted molar refractivity (Wildman–Crippen MR) is 120 cm³/mol. The molecule has 2 aliphatic rings. The lowest BCUT2D eigenvalue weighted by Crippen LogP contribution is -2.45. The molecule has 0 amide bonds. The van der Waals surface area contributed by atoms with Crippen molar-refractivity contribution >= 4 is 28.4 Å². The smallest absolute Gasteiger partial charge is 0.225 e. The molecule has 4 aromatic rings. The maximum atomic E-state index is 4.68. The third-order valence-electron chi connectivity index (χ3n) is 6.31. The zero-order valence-corrected chi connectivity index (χ0v) is 17.2. The van der Waals surface area contributed by atoms with E-state index in [0.717, 1.165) is 46.8 Å². The van der Waals surface area contributed by atoms with E-state index >= 15 is 0 Å². The van der Waals surface area contributed by atoms with Crippen LogP contribution in [0.2, 0.25) is 0 Å². The van der Waals surface area contributed by atoms with Crippen LogP contribution in [0.1, 0.15) is 6.42 Å². The Balaban J connectivity index is 1.27. The molecule has 2 fully saturated rings. The van der Waals surface area contributed by atoms with E-state index in [9.17, 15) is 0 Å². The molecule has 2 bridgehead atoms. The van der Waals surface area contributed by atoms with Crippen LogP contribution in [0.25, 0.3) is 22.0 Å². The van der Waals surface area contributed by atoms with Gasteiger partial charge in [-0.05, 0) is 31.2 Å². The summed E-state index contributed by atoms with van der Waals surface area (Å²) >= 11 is 0. The molecule has 0 spiro atoms. The fourth-order valence-electron chi connectivity index (χ4n) is 4.67. The molecule has 31 heavy (non-hydrogen) atoms. The van der Waals surface area contributed by atoms with Crippen molar-refractivity contribution in [1.82, 2.24) is 29.8 Å². The van der Waals surface area contributed by atoms with Gasteiger partial charge in [0.2, 0.25) is 5.95 Å². The van der Waals surface area contributed by atoms with Crippen LogP contribution >= 0.6 is 0 Å². The molecule has 1 aromatic carbocycles. The zero-order chi connectivity index (χ0) is 20.8. The first kappa shape index (κ1) is 18.1. The first-order valence-corrected chi connectivity index (χ1v) is 10.5. The van der Waals surface area contributed by atoms with Gasteiger partial charge in [0.05, 0.1) is 17.4 Å². The van der Waals surface area contributed by atoms with E-state index < -0.39 is 0 Å². The van der Waals surface area contributed by atoms with Crippen LogP contribution in [0.15, 0.2) is 61.4 Å². The summed E-state index contributed by atoms with van der Waals surface area (Å²) in [5.74, 6) is 1.53. The molecule has 0 aliphatic carbocycles. The number of likely N-dealkylation sites (tertiary alicyclic amines) is 1. The lowest BCUT2D eigenvalue weighted by atomic mass is 10.1. The largest absolute Gasteiger partial charge is 0.338 e. The highest BCUT2D eigenvalue weighted by molar-refractivity contribution is 5.94. The second kappa shape index (κ2) is 7.24. The SMILES string of the molecule is CN1C[C@H]2C[C@@H]1CN2c1ncc(-c2ccc3c(Nc4cnccn4)ccnc3c2)cn1. The summed E-state index contributed by atoms with van der Waals surface area (Å²) in [5, 5.41) is 4.33. The van der Waals surface area contributed by atoms with Crippen molar-refractivity contribution < 1.29 is 0 Å². The quantitative estimate of drug-likeness (QED) is 0.550. The summed E-state index contributed by atoms with van der Waals surface area (Å²) in [4.78, 5) is 27.1. The van der Waals surface area contributed by atoms with Gasteiger partial charge in [0, 0.05) is 67.1 Å². The van der Waals surface area contributed by atoms with Crippen molar-refractivity contribution in [3.63, 3.8) is 0 Å². The van der Waals surface area contributed by atoms with Crippen LogP contribution in [-0.2, 0) is 0 Å². The van der Waals surface area contributed by atoms with Crippen molar-refractivity contribution in [3.8, 4) is 11.1 Å². The van der Waals surface area contributed by atoms with E-state index in [2.05, 4.69) is 65.3 Å². The summed E-state index contributed by atoms with van der Waals surface area (Å²) in [6, 6.07) is 9.32. The Morgan fingerprint density at radius 2 is 1.77 bits per heavy atom. The number of nitrogens with zero attached hydrogens (tertiary/aromatic N) is 7. The van der Waals surface area contributed by atoms with Gasteiger partial charge < -0.3 is 10.2 Å². The molecular weight excluding hydrogens is 388 g/mol. The van der Waals surface area contributed by atoms with E-state index in [4.69, 9.17) is 0 Å². The number of nitrogens with one attached hydrogen (secondary N) is 1. The molecule has 1 N–H and O–H groups in total. The molecule has 6 rings (SSSR count). The van der Waals surface area contributed by atoms with Crippen molar-refractivity contribution in [3.05, 3.63) is 61.4 Å². The maximum Gasteiger partial charge on any atom is 0.225 e. The molecular formula is C23H22N8. The number of hydrogen-bond acceptors (Lipinski definition) is 8. The van der Waals surface area contributed by atoms with E-state index in [-0.39, 0.29) is 0 Å². The van der Waals surface area contributed by atoms with Crippen molar-refractivity contribution in [2.75, 3.05) is 30.4 Å². The average molecular weight is 410 g/mol. The topological polar surface area (TPSA) is 83.0 Å². The van der Waals surface area contributed by atoms with E-state index in [1.165, 1.54) is 6.42 Å². The first-order valence-electron chi connectivity index (χ1n) is 10.5. The van der Waals surface area contributed by atoms with Gasteiger partial charge in [-0.15, -0.1) is 0 Å². The van der Waals surface area contributed by atoms with E-state index in [1.54, 1.807) is 24.8 Å². The van der Waals surface area contributed by atoms with Crippen LogP contribution in [0.5, 0.6) is 0 Å². The van der Waals surface area contributed by atoms with Crippen molar-refractivity contribution in [1.29, 1.82) is 0 Å². The molecule has 2 atom stereocenters. The second-order valence-corrected chi connectivity index (χ2v) is 8.21. The number of aromatic nitrogens is 5. The Kier molecular flexibility index (Phi) is 4.24. The lowest BCUT2D eigenvalue weighted by Gasteiger charge is -2.31. The maximum absolute atomic E-state index is 4.68. The number of benzene rings is 1. The van der Waals surface area contributed by atoms with Crippen LogP contribution in [0, 0.1) is 0 Å². The Morgan fingerprint density at radius 3 is 2.52 bits per heavy atom. The Labute approximate surface area is 180 Å². The highest BCUT2D eigenvalue weighted by Gasteiger charge is 2.42. The van der Waals surface area contributed by atoms with Crippen LogP contribution in [0.4, 0.5) is 17.5 Å². The molecule has 3 aromatic heterocycles. The molecule has 8 nitrogen and oxygen atoms in total. The number of rotatable bonds is 4. The number of fused-ring (bicyclic) bond motifs is 3. The Hall–Kier alpha value is -3.65. The second-order valence-electron chi connectivity index (χ2n) is 8.21. The summed E-state index contributed by atoms with van der Waals surface area (Å²) in [7, 11) is 2.20. The van der Waals surface area contributed by atoms with Crippen molar-refractivity contribution in [2.24, 2.45) is 0 Å². The fourth-order valence-corrected chi connectivity index (χ4v) is 4.67. The zero-order valence-electron chi connectivity index (χ0n) is 17.2. The van der Waals surface area contributed by atoms with Crippen LogP contribution in [0.3, 0.4) is 0 Å². The van der Waals surface area contributed by atoms with Gasteiger partial charge >= 0.3 is 0 Å². The number of pyridine rings is 1. The van der Waals surface area contributed by atoms with Crippen molar-refractivity contribution in [2.45, 2.75) is 18.5 Å². The van der Waals surface area contributed by atoms with Gasteiger partial charge in [-0.3, -0.25) is 14.9 Å². The highest BCUT2D eigenvalue weighted by Crippen LogP contribution is 2.33. The minimum absolute atomic E-state index is 0.533. The first-order chi connectivity index (χ1) is 15.2. The molecule has 2 saturated heterocycles. The Morgan fingerprint density at radius 1 is 0.871 bits per heavy atom. The molecule has 0 saturated carbocycles. The predicted octanol–water partition coefficient (Wildman–Crippen LogP) is 3.12. The van der Waals surface area contributed by atoms with Gasteiger partial charge in [-0.2, -0.15) is 0 Å². The third kappa shape index (κ3) is 3.25. The summed E-state index contributed by atoms with van der Waals surface area (Å²) in [6.07, 6.45) is 11.9. The highest BCUT2D eigenvalue weighted by atomic mass is 15.4. The molecule has 2 aliphatic heterocycles. The minimum Gasteiger partial charge on any atom is -0.338 e. The number of anilines is 3. The monoisotopic (exact) mass is 410 g/mol. The van der Waals surface area contributed by atoms with Crippen LogP contribution < -0.4 is 10.2 Å². The molecule has 0 radical (unpaired) electrons. The van der Waals surface area contributed by atoms with Crippen LogP contribution in [-0.4, -0.2) is 62.0 Å². The molecule has 0 unspecified atom stereocenters. The summed E-state index contributed by atoms with van der Waals surface area (Å²) < 4.78 is 0. The summed E-state index contributed by atoms with van der Waals surface area (Å²) in [6.45, 7) is 2.11. The normalized spacial score (nSPS) is 20.5. The lowest BCUT2D eigenvalue weighted by molar-refractivity contribution is 0.291. The fraction of sp³-hybridized carbons (Fsp3) is 0.261. The number of piperazine rings is 1. The molecule has 154 valence electrons. The minimum atomic E-state index is 0.533. The standard InChI is InChI=1S/C23H22N8/c1-30-13-18-9-17(30)14-31(18)23-27-10-16(11-28-23)15-2-3-19-20(4-5-25-21(19)8-15)29-22-12-24-6-7-26-22/h2-8,10-12,17-18H,9,13-14H2,1H3,(H,25,26,29)/t17-,18-/m1/s1. The van der Waals surface area contributed by atoms with Gasteiger partial charge in [0.15, 0.2) is 0 Å². The average Bonchev–Trinajstić information content (AvgIpc) is 3.39. The molecule has 5 heterocycles. The van der Waals surface area contributed by atoms with E-state index in [1.807, 2.05) is 18.5 Å². The van der Waals surface area contributed by atoms with Gasteiger partial charge in [0.25, 0.3) is 0 Å². The van der Waals surface area contributed by atoms with E-state index in [0.29, 0.717) is 17.9 Å². The third-order valence-corrected chi connectivity index (χ3v) is 6.31. The number of likely N-dealkylation sites (N-methyl/N-ethyl adjacent to an activating group) is 1. The summed E-state index contributed by atoms with van der Waals surface area (Å²) in [5.41, 5.74) is 3.88. The van der Waals surface area contributed by atoms with Gasteiger partial charge in [-0.25, -0.2) is 15.0 Å². The number of hydrogen-bond donors (Lipinski definition) is 1.